The molecule has 116 valence electrons. The molecule has 0 aliphatic heterocycles. The highest BCUT2D eigenvalue weighted by atomic mass is 16.5. The summed E-state index contributed by atoms with van der Waals surface area (Å²) in [4.78, 5) is 11.6. The van der Waals surface area contributed by atoms with Gasteiger partial charge in [0, 0.05) is 11.6 Å². The van der Waals surface area contributed by atoms with Gasteiger partial charge in [-0.3, -0.25) is 4.79 Å². The summed E-state index contributed by atoms with van der Waals surface area (Å²) in [6.07, 6.45) is 0. The van der Waals surface area contributed by atoms with Gasteiger partial charge in [-0.2, -0.15) is 0 Å². The monoisotopic (exact) mass is 298 g/mol. The van der Waals surface area contributed by atoms with E-state index in [0.717, 1.165) is 11.1 Å². The molecular weight excluding hydrogens is 276 g/mol. The molecule has 0 saturated heterocycles. The molecule has 2 aromatic rings. The Morgan fingerprint density at radius 1 is 1.14 bits per heavy atom. The van der Waals surface area contributed by atoms with Gasteiger partial charge in [0.15, 0.2) is 5.78 Å². The molecule has 22 heavy (non-hydrogen) atoms. The average Bonchev–Trinajstić information content (AvgIpc) is 2.44. The van der Waals surface area contributed by atoms with Crippen LogP contribution in [0.25, 0.3) is 0 Å². The molecule has 0 atom stereocenters. The van der Waals surface area contributed by atoms with Crippen LogP contribution in [-0.4, -0.2) is 10.9 Å². The van der Waals surface area contributed by atoms with Crippen molar-refractivity contribution in [3.63, 3.8) is 0 Å². The van der Waals surface area contributed by atoms with Gasteiger partial charge >= 0.3 is 0 Å². The number of phenols is 1. The second-order valence-electron chi connectivity index (χ2n) is 6.45. The van der Waals surface area contributed by atoms with Crippen molar-refractivity contribution >= 4 is 5.78 Å². The Labute approximate surface area is 131 Å². The number of hydrogen-bond acceptors (Lipinski definition) is 3. The maximum atomic E-state index is 11.6. The molecule has 0 aliphatic carbocycles. The molecular formula is C19H22O3. The predicted octanol–water partition coefficient (Wildman–Crippen LogP) is 4.47. The highest BCUT2D eigenvalue weighted by Crippen LogP contribution is 2.36. The SMILES string of the molecule is CC(=O)c1cc(C(C)(C)C)c(OCc2ccccc2)cc1O. The zero-order chi connectivity index (χ0) is 16.3. The van der Waals surface area contributed by atoms with Crippen molar-refractivity contribution < 1.29 is 14.6 Å². The standard InChI is InChI=1S/C19H22O3/c1-13(20)15-10-16(19(2,3)4)18(11-17(15)21)22-12-14-8-6-5-7-9-14/h5-11,21H,12H2,1-4H3. The number of phenolic OH excluding ortho intramolecular Hbond substituents is 1. The normalized spacial score (nSPS) is 11.3. The van der Waals surface area contributed by atoms with E-state index in [1.54, 1.807) is 12.1 Å². The van der Waals surface area contributed by atoms with Crippen LogP contribution in [0.1, 0.15) is 49.2 Å². The third kappa shape index (κ3) is 3.67. The second kappa shape index (κ2) is 6.22. The van der Waals surface area contributed by atoms with Crippen LogP contribution < -0.4 is 4.74 Å². The number of ketones is 1. The molecule has 0 spiro atoms. The van der Waals surface area contributed by atoms with Gasteiger partial charge in [0.1, 0.15) is 18.1 Å². The summed E-state index contributed by atoms with van der Waals surface area (Å²) in [5.74, 6) is 0.417. The van der Waals surface area contributed by atoms with Crippen LogP contribution in [0.15, 0.2) is 42.5 Å². The summed E-state index contributed by atoms with van der Waals surface area (Å²) in [6, 6.07) is 13.1. The second-order valence-corrected chi connectivity index (χ2v) is 6.45. The van der Waals surface area contributed by atoms with Gasteiger partial charge in [-0.15, -0.1) is 0 Å². The number of rotatable bonds is 4. The van der Waals surface area contributed by atoms with Gasteiger partial charge in [0.05, 0.1) is 5.56 Å². The van der Waals surface area contributed by atoms with Crippen molar-refractivity contribution in [2.45, 2.75) is 39.7 Å². The lowest BCUT2D eigenvalue weighted by Gasteiger charge is -2.24. The van der Waals surface area contributed by atoms with Crippen molar-refractivity contribution in [1.82, 2.24) is 0 Å². The highest BCUT2D eigenvalue weighted by molar-refractivity contribution is 5.97. The minimum atomic E-state index is -0.191. The molecule has 0 heterocycles. The molecule has 3 heteroatoms. The number of benzene rings is 2. The lowest BCUT2D eigenvalue weighted by Crippen LogP contribution is -2.14. The van der Waals surface area contributed by atoms with E-state index < -0.39 is 0 Å². The molecule has 0 bridgehead atoms. The Kier molecular flexibility index (Phi) is 4.55. The Balaban J connectivity index is 2.37. The first-order valence-electron chi connectivity index (χ1n) is 7.34. The summed E-state index contributed by atoms with van der Waals surface area (Å²) >= 11 is 0. The molecule has 0 unspecified atom stereocenters. The van der Waals surface area contributed by atoms with E-state index in [9.17, 15) is 9.90 Å². The molecule has 0 amide bonds. The first-order chi connectivity index (χ1) is 10.3. The zero-order valence-electron chi connectivity index (χ0n) is 13.5. The van der Waals surface area contributed by atoms with E-state index in [2.05, 4.69) is 20.8 Å². The van der Waals surface area contributed by atoms with Crippen molar-refractivity contribution in [1.29, 1.82) is 0 Å². The van der Waals surface area contributed by atoms with Crippen LogP contribution in [0.4, 0.5) is 0 Å². The molecule has 2 rings (SSSR count). The molecule has 0 radical (unpaired) electrons. The van der Waals surface area contributed by atoms with Crippen LogP contribution in [0.3, 0.4) is 0 Å². The molecule has 3 nitrogen and oxygen atoms in total. The lowest BCUT2D eigenvalue weighted by atomic mass is 9.84. The van der Waals surface area contributed by atoms with Gasteiger partial charge in [-0.25, -0.2) is 0 Å². The third-order valence-corrected chi connectivity index (χ3v) is 3.52. The van der Waals surface area contributed by atoms with E-state index in [1.807, 2.05) is 30.3 Å². The van der Waals surface area contributed by atoms with E-state index in [0.29, 0.717) is 17.9 Å². The van der Waals surface area contributed by atoms with E-state index in [1.165, 1.54) is 6.92 Å². The van der Waals surface area contributed by atoms with Crippen LogP contribution in [-0.2, 0) is 12.0 Å². The molecule has 2 aromatic carbocycles. The summed E-state index contributed by atoms with van der Waals surface area (Å²) in [5.41, 5.74) is 2.10. The van der Waals surface area contributed by atoms with Crippen LogP contribution >= 0.6 is 0 Å². The fraction of sp³-hybridized carbons (Fsp3) is 0.316. The van der Waals surface area contributed by atoms with Crippen molar-refractivity contribution in [3.8, 4) is 11.5 Å². The van der Waals surface area contributed by atoms with Gasteiger partial charge < -0.3 is 9.84 Å². The molecule has 0 aliphatic rings. The number of ether oxygens (including phenoxy) is 1. The van der Waals surface area contributed by atoms with Crippen LogP contribution in [0, 0.1) is 0 Å². The maximum absolute atomic E-state index is 11.6. The summed E-state index contributed by atoms with van der Waals surface area (Å²) in [6.45, 7) is 8.03. The number of aromatic hydroxyl groups is 1. The van der Waals surface area contributed by atoms with Crippen LogP contribution in [0.2, 0.25) is 0 Å². The molecule has 1 N–H and O–H groups in total. The summed E-state index contributed by atoms with van der Waals surface area (Å²) in [5, 5.41) is 10.0. The summed E-state index contributed by atoms with van der Waals surface area (Å²) in [7, 11) is 0. The molecule has 0 aromatic heterocycles. The average molecular weight is 298 g/mol. The Hall–Kier alpha value is -2.29. The van der Waals surface area contributed by atoms with Crippen molar-refractivity contribution in [3.05, 3.63) is 59.2 Å². The maximum Gasteiger partial charge on any atom is 0.163 e. The minimum absolute atomic E-state index is 0.0384. The topological polar surface area (TPSA) is 46.5 Å². The summed E-state index contributed by atoms with van der Waals surface area (Å²) < 4.78 is 5.89. The highest BCUT2D eigenvalue weighted by Gasteiger charge is 2.23. The zero-order valence-corrected chi connectivity index (χ0v) is 13.5. The number of carbonyl (C=O) groups is 1. The van der Waals surface area contributed by atoms with E-state index in [4.69, 9.17) is 4.74 Å². The number of Topliss-reactive ketones (excluding diaryl/α,β-unsaturated/α-hetero) is 1. The quantitative estimate of drug-likeness (QED) is 0.847. The Morgan fingerprint density at radius 3 is 2.32 bits per heavy atom. The first kappa shape index (κ1) is 16.1. The number of carbonyl (C=O) groups excluding carboxylic acids is 1. The number of hydrogen-bond donors (Lipinski definition) is 1. The van der Waals surface area contributed by atoms with Crippen LogP contribution in [0.5, 0.6) is 11.5 Å². The fourth-order valence-electron chi connectivity index (χ4n) is 2.29. The molecule has 0 fully saturated rings. The third-order valence-electron chi connectivity index (χ3n) is 3.52. The lowest BCUT2D eigenvalue weighted by molar-refractivity contribution is 0.101. The van der Waals surface area contributed by atoms with E-state index >= 15 is 0 Å². The smallest absolute Gasteiger partial charge is 0.163 e. The minimum Gasteiger partial charge on any atom is -0.507 e. The fourth-order valence-corrected chi connectivity index (χ4v) is 2.29. The van der Waals surface area contributed by atoms with Gasteiger partial charge in [0.25, 0.3) is 0 Å². The van der Waals surface area contributed by atoms with E-state index in [-0.39, 0.29) is 16.9 Å². The van der Waals surface area contributed by atoms with Gasteiger partial charge in [-0.05, 0) is 24.0 Å². The first-order valence-corrected chi connectivity index (χ1v) is 7.34. The molecule has 0 saturated carbocycles. The van der Waals surface area contributed by atoms with Crippen molar-refractivity contribution in [2.75, 3.05) is 0 Å². The predicted molar refractivity (Wildman–Crippen MR) is 87.6 cm³/mol. The van der Waals surface area contributed by atoms with Gasteiger partial charge in [-0.1, -0.05) is 51.1 Å². The Bertz CT molecular complexity index is 667. The largest absolute Gasteiger partial charge is 0.507 e. The van der Waals surface area contributed by atoms with Gasteiger partial charge in [0.2, 0.25) is 0 Å². The Morgan fingerprint density at radius 2 is 1.77 bits per heavy atom. The van der Waals surface area contributed by atoms with Crippen molar-refractivity contribution in [2.24, 2.45) is 0 Å².